The highest BCUT2D eigenvalue weighted by Crippen LogP contribution is 2.31. The van der Waals surface area contributed by atoms with E-state index >= 15 is 0 Å². The molecule has 1 aliphatic carbocycles. The van der Waals surface area contributed by atoms with Crippen molar-refractivity contribution in [2.75, 3.05) is 18.5 Å². The van der Waals surface area contributed by atoms with Crippen molar-refractivity contribution in [1.29, 1.82) is 0 Å². The molecule has 0 atom stereocenters. The molecular weight excluding hydrogens is 200 g/mol. The molecule has 1 fully saturated rings. The molecule has 1 heterocycles. The first-order valence-corrected chi connectivity index (χ1v) is 5.91. The number of anilines is 1. The molecule has 0 unspecified atom stereocenters. The first-order chi connectivity index (χ1) is 7.61. The van der Waals surface area contributed by atoms with Crippen molar-refractivity contribution in [2.24, 2.45) is 5.92 Å². The SMILES string of the molecule is Cc1cc(C)c(CO)c(N(C)CC2CC2)n1. The van der Waals surface area contributed by atoms with Gasteiger partial charge in [0, 0.05) is 24.8 Å². The van der Waals surface area contributed by atoms with Gasteiger partial charge in [-0.05, 0) is 44.2 Å². The fraction of sp³-hybridized carbons (Fsp3) is 0.615. The lowest BCUT2D eigenvalue weighted by atomic mass is 10.1. The van der Waals surface area contributed by atoms with E-state index in [0.717, 1.165) is 35.1 Å². The number of nitrogens with zero attached hydrogens (tertiary/aromatic N) is 2. The molecule has 2 rings (SSSR count). The summed E-state index contributed by atoms with van der Waals surface area (Å²) in [5, 5.41) is 9.42. The van der Waals surface area contributed by atoms with Crippen molar-refractivity contribution in [3.8, 4) is 0 Å². The van der Waals surface area contributed by atoms with Crippen LogP contribution in [0.25, 0.3) is 0 Å². The monoisotopic (exact) mass is 220 g/mol. The zero-order chi connectivity index (χ0) is 11.7. The Balaban J connectivity index is 2.28. The summed E-state index contributed by atoms with van der Waals surface area (Å²) < 4.78 is 0. The molecule has 0 aliphatic heterocycles. The second kappa shape index (κ2) is 4.42. The number of aliphatic hydroxyl groups is 1. The van der Waals surface area contributed by atoms with Gasteiger partial charge in [0.15, 0.2) is 0 Å². The van der Waals surface area contributed by atoms with Crippen LogP contribution in [0.2, 0.25) is 0 Å². The maximum atomic E-state index is 9.42. The van der Waals surface area contributed by atoms with Crippen molar-refractivity contribution < 1.29 is 5.11 Å². The molecule has 0 saturated heterocycles. The third-order valence-electron chi connectivity index (χ3n) is 3.20. The van der Waals surface area contributed by atoms with Crippen LogP contribution < -0.4 is 4.90 Å². The van der Waals surface area contributed by atoms with Gasteiger partial charge in [-0.25, -0.2) is 4.98 Å². The Morgan fingerprint density at radius 1 is 1.44 bits per heavy atom. The average molecular weight is 220 g/mol. The highest BCUT2D eigenvalue weighted by atomic mass is 16.3. The lowest BCUT2D eigenvalue weighted by Gasteiger charge is -2.22. The van der Waals surface area contributed by atoms with Gasteiger partial charge < -0.3 is 10.0 Å². The van der Waals surface area contributed by atoms with Gasteiger partial charge in [0.25, 0.3) is 0 Å². The van der Waals surface area contributed by atoms with Crippen LogP contribution in [-0.4, -0.2) is 23.7 Å². The summed E-state index contributed by atoms with van der Waals surface area (Å²) >= 11 is 0. The van der Waals surface area contributed by atoms with E-state index in [9.17, 15) is 5.11 Å². The quantitative estimate of drug-likeness (QED) is 0.843. The molecule has 3 heteroatoms. The topological polar surface area (TPSA) is 36.4 Å². The van der Waals surface area contributed by atoms with Crippen LogP contribution in [0.3, 0.4) is 0 Å². The van der Waals surface area contributed by atoms with Gasteiger partial charge in [0.1, 0.15) is 5.82 Å². The molecule has 1 aromatic heterocycles. The van der Waals surface area contributed by atoms with Gasteiger partial charge >= 0.3 is 0 Å². The van der Waals surface area contributed by atoms with E-state index in [-0.39, 0.29) is 6.61 Å². The number of hydrogen-bond donors (Lipinski definition) is 1. The lowest BCUT2D eigenvalue weighted by Crippen LogP contribution is -2.23. The Morgan fingerprint density at radius 2 is 2.12 bits per heavy atom. The van der Waals surface area contributed by atoms with Crippen LogP contribution in [-0.2, 0) is 6.61 Å². The van der Waals surface area contributed by atoms with E-state index in [2.05, 4.69) is 16.9 Å². The van der Waals surface area contributed by atoms with Crippen molar-refractivity contribution in [3.05, 3.63) is 22.9 Å². The lowest BCUT2D eigenvalue weighted by molar-refractivity contribution is 0.281. The fourth-order valence-electron chi connectivity index (χ4n) is 2.13. The van der Waals surface area contributed by atoms with E-state index in [4.69, 9.17) is 0 Å². The number of aliphatic hydroxyl groups excluding tert-OH is 1. The molecule has 0 spiro atoms. The van der Waals surface area contributed by atoms with Crippen molar-refractivity contribution in [1.82, 2.24) is 4.98 Å². The molecule has 0 bridgehead atoms. The minimum absolute atomic E-state index is 0.0729. The van der Waals surface area contributed by atoms with Gasteiger partial charge in [-0.2, -0.15) is 0 Å². The van der Waals surface area contributed by atoms with Crippen molar-refractivity contribution >= 4 is 5.82 Å². The fourth-order valence-corrected chi connectivity index (χ4v) is 2.13. The van der Waals surface area contributed by atoms with Gasteiger partial charge in [0.2, 0.25) is 0 Å². The Morgan fingerprint density at radius 3 is 2.69 bits per heavy atom. The van der Waals surface area contributed by atoms with Gasteiger partial charge in [-0.15, -0.1) is 0 Å². The van der Waals surface area contributed by atoms with Gasteiger partial charge in [-0.1, -0.05) is 0 Å². The summed E-state index contributed by atoms with van der Waals surface area (Å²) in [6.07, 6.45) is 2.67. The largest absolute Gasteiger partial charge is 0.392 e. The Kier molecular flexibility index (Phi) is 3.15. The summed E-state index contributed by atoms with van der Waals surface area (Å²) in [6, 6.07) is 2.03. The first-order valence-electron chi connectivity index (χ1n) is 5.91. The molecule has 0 radical (unpaired) electrons. The van der Waals surface area contributed by atoms with Gasteiger partial charge in [-0.3, -0.25) is 0 Å². The molecule has 0 aromatic carbocycles. The van der Waals surface area contributed by atoms with Crippen LogP contribution in [0.4, 0.5) is 5.82 Å². The zero-order valence-electron chi connectivity index (χ0n) is 10.3. The van der Waals surface area contributed by atoms with E-state index in [1.54, 1.807) is 0 Å². The molecule has 3 nitrogen and oxygen atoms in total. The zero-order valence-corrected chi connectivity index (χ0v) is 10.3. The van der Waals surface area contributed by atoms with Crippen LogP contribution in [0.5, 0.6) is 0 Å². The number of rotatable bonds is 4. The van der Waals surface area contributed by atoms with E-state index in [1.165, 1.54) is 12.8 Å². The maximum Gasteiger partial charge on any atom is 0.134 e. The Hall–Kier alpha value is -1.09. The summed E-state index contributed by atoms with van der Waals surface area (Å²) in [5.74, 6) is 1.78. The average Bonchev–Trinajstić information content (AvgIpc) is 3.00. The smallest absolute Gasteiger partial charge is 0.134 e. The summed E-state index contributed by atoms with van der Waals surface area (Å²) in [7, 11) is 2.07. The van der Waals surface area contributed by atoms with Crippen molar-refractivity contribution in [3.63, 3.8) is 0 Å². The molecule has 1 saturated carbocycles. The minimum Gasteiger partial charge on any atom is -0.392 e. The van der Waals surface area contributed by atoms with Crippen LogP contribution >= 0.6 is 0 Å². The molecule has 1 N–H and O–H groups in total. The number of aromatic nitrogens is 1. The highest BCUT2D eigenvalue weighted by Gasteiger charge is 2.24. The second-order valence-electron chi connectivity index (χ2n) is 4.86. The first kappa shape index (κ1) is 11.4. The highest BCUT2D eigenvalue weighted by molar-refractivity contribution is 5.50. The standard InChI is InChI=1S/C13H20N2O/c1-9-6-10(2)14-13(12(9)8-16)15(3)7-11-4-5-11/h6,11,16H,4-5,7-8H2,1-3H3. The third-order valence-corrected chi connectivity index (χ3v) is 3.20. The molecule has 1 aromatic rings. The normalized spacial score (nSPS) is 15.2. The van der Waals surface area contributed by atoms with E-state index in [0.29, 0.717) is 0 Å². The van der Waals surface area contributed by atoms with Crippen LogP contribution in [0.1, 0.15) is 29.7 Å². The molecule has 0 amide bonds. The third kappa shape index (κ3) is 2.35. The van der Waals surface area contributed by atoms with E-state index < -0.39 is 0 Å². The van der Waals surface area contributed by atoms with Crippen LogP contribution in [0.15, 0.2) is 6.07 Å². The van der Waals surface area contributed by atoms with Crippen molar-refractivity contribution in [2.45, 2.75) is 33.3 Å². The number of hydrogen-bond acceptors (Lipinski definition) is 3. The summed E-state index contributed by atoms with van der Waals surface area (Å²) in [5.41, 5.74) is 3.12. The summed E-state index contributed by atoms with van der Waals surface area (Å²) in [6.45, 7) is 5.17. The summed E-state index contributed by atoms with van der Waals surface area (Å²) in [4.78, 5) is 6.74. The molecule has 88 valence electrons. The van der Waals surface area contributed by atoms with E-state index in [1.807, 2.05) is 19.9 Å². The number of aryl methyl sites for hydroxylation is 2. The minimum atomic E-state index is 0.0729. The second-order valence-corrected chi connectivity index (χ2v) is 4.86. The molecular formula is C13H20N2O. The Labute approximate surface area is 97.1 Å². The van der Waals surface area contributed by atoms with Crippen LogP contribution in [0, 0.1) is 19.8 Å². The maximum absolute atomic E-state index is 9.42. The predicted molar refractivity (Wildman–Crippen MR) is 65.6 cm³/mol. The Bertz CT molecular complexity index is 386. The number of pyridine rings is 1. The van der Waals surface area contributed by atoms with Gasteiger partial charge in [0.05, 0.1) is 6.61 Å². The molecule has 1 aliphatic rings. The predicted octanol–water partition coefficient (Wildman–Crippen LogP) is 2.04. The molecule has 16 heavy (non-hydrogen) atoms.